The molecule has 4 heterocycles. The Balaban J connectivity index is 0.000000195. The number of nitrogens with zero attached hydrogens (tertiary/aromatic N) is 2. The zero-order chi connectivity index (χ0) is 56.5. The van der Waals surface area contributed by atoms with Gasteiger partial charge in [-0.2, -0.15) is 0 Å². The van der Waals surface area contributed by atoms with E-state index in [0.717, 1.165) is 47.9 Å². The summed E-state index contributed by atoms with van der Waals surface area (Å²) in [6, 6.07) is 7.26. The van der Waals surface area contributed by atoms with Gasteiger partial charge in [0.1, 0.15) is 22.9 Å². The van der Waals surface area contributed by atoms with Crippen LogP contribution in [-0.4, -0.2) is 163 Å². The highest BCUT2D eigenvalue weighted by atomic mass is 35.5. The lowest BCUT2D eigenvalue weighted by molar-refractivity contribution is -0.176. The highest BCUT2D eigenvalue weighted by Gasteiger charge is 2.73. The van der Waals surface area contributed by atoms with Crippen LogP contribution in [0.4, 0.5) is 0 Å². The Morgan fingerprint density at radius 3 is 1.71 bits per heavy atom. The molecule has 10 rings (SSSR count). The molecule has 0 saturated carbocycles. The summed E-state index contributed by atoms with van der Waals surface area (Å²) in [7, 11) is 4.00. The van der Waals surface area contributed by atoms with Crippen molar-refractivity contribution < 1.29 is 87.5 Å². The Bertz CT molecular complexity index is 2800. The number of aryl methyl sites for hydroxylation is 1. The molecule has 2 aromatic rings. The van der Waals surface area contributed by atoms with Crippen molar-refractivity contribution in [2.45, 2.75) is 170 Å². The monoisotopic (exact) mass is 1110 g/mol. The molecule has 4 aliphatic carbocycles. The lowest BCUT2D eigenvalue weighted by Crippen LogP contribution is -2.74. The molecule has 2 aromatic carbocycles. The Hall–Kier alpha value is -5.48. The second kappa shape index (κ2) is 21.3. The Labute approximate surface area is 456 Å². The van der Waals surface area contributed by atoms with Gasteiger partial charge in [0, 0.05) is 36.1 Å². The molecule has 2 fully saturated rings. The number of aromatic hydroxyl groups is 1. The first kappa shape index (κ1) is 57.7. The Morgan fingerprint density at radius 1 is 0.727 bits per heavy atom. The largest absolute Gasteiger partial charge is 0.504 e. The maximum absolute atomic E-state index is 13.2. The SMILES string of the molecule is C[C@H](OC(=O)C[C@H](O)C(=O)OC1=CC[C@@]2(O)[C@H]3Cc4ccc(O)c5c4[C@@]2(CCN3C)[C@H]1O5)C(=O)O.Cc1ccc2c3c1O[C@H]1C(OC(=O)[C@@H](C)CC(=O)O[C@@H](C)C(=O)OC(C)(C)C)=CC[C@@]4(O)[C@@H](C2)N(C)CC[C@]314.ClCCl. The lowest BCUT2D eigenvalue weighted by Gasteiger charge is -2.61. The number of hydrogen-bond donors (Lipinski definition) is 5. The topological polar surface area (TPSA) is 275 Å². The number of piperidine rings is 2. The van der Waals surface area contributed by atoms with Gasteiger partial charge in [0.05, 0.1) is 46.1 Å². The third-order valence-electron chi connectivity index (χ3n) is 16.6. The van der Waals surface area contributed by atoms with Gasteiger partial charge in [0.15, 0.2) is 42.0 Å². The third-order valence-corrected chi connectivity index (χ3v) is 16.6. The molecule has 20 nitrogen and oxygen atoms in total. The predicted molar refractivity (Wildman–Crippen MR) is 274 cm³/mol. The highest BCUT2D eigenvalue weighted by molar-refractivity contribution is 6.40. The number of carbonyl (C=O) groups excluding carboxylic acids is 5. The van der Waals surface area contributed by atoms with Crippen LogP contribution in [-0.2, 0) is 76.1 Å². The number of likely N-dealkylation sites (tertiary alicyclic amines) is 2. The number of phenols is 1. The summed E-state index contributed by atoms with van der Waals surface area (Å²) in [4.78, 5) is 77.5. The zero-order valence-corrected chi connectivity index (χ0v) is 46.1. The quantitative estimate of drug-likeness (QED) is 0.111. The van der Waals surface area contributed by atoms with E-state index in [2.05, 4.69) is 20.6 Å². The number of ether oxygens (including phenoxy) is 7. The van der Waals surface area contributed by atoms with E-state index in [4.69, 9.17) is 56.7 Å². The van der Waals surface area contributed by atoms with E-state index in [9.17, 15) is 49.2 Å². The highest BCUT2D eigenvalue weighted by Crippen LogP contribution is 2.66. The van der Waals surface area contributed by atoms with Crippen LogP contribution in [0.3, 0.4) is 0 Å². The molecule has 22 heteroatoms. The minimum Gasteiger partial charge on any atom is -0.504 e. The van der Waals surface area contributed by atoms with E-state index < -0.39 is 106 Å². The number of aliphatic hydroxyl groups is 3. The molecule has 0 aromatic heterocycles. The molecule has 4 bridgehead atoms. The minimum atomic E-state index is -1.90. The van der Waals surface area contributed by atoms with E-state index >= 15 is 0 Å². The summed E-state index contributed by atoms with van der Waals surface area (Å²) in [6.45, 7) is 12.8. The van der Waals surface area contributed by atoms with Crippen LogP contribution >= 0.6 is 23.2 Å². The number of rotatable bonds is 12. The molecular formula is C55H68Cl2N2O18. The first-order valence-corrected chi connectivity index (χ1v) is 26.8. The number of carbonyl (C=O) groups is 6. The zero-order valence-electron chi connectivity index (χ0n) is 44.6. The number of phenolic OH excluding ortho intramolecular Hbond substituents is 1. The van der Waals surface area contributed by atoms with Crippen molar-refractivity contribution in [2.24, 2.45) is 5.92 Å². The number of likely N-dealkylation sites (N-methyl/N-ethyl adjacent to an activating group) is 2. The van der Waals surface area contributed by atoms with Crippen molar-refractivity contribution in [1.29, 1.82) is 0 Å². The molecule has 2 saturated heterocycles. The van der Waals surface area contributed by atoms with Crippen LogP contribution < -0.4 is 9.47 Å². The van der Waals surface area contributed by atoms with Crippen molar-refractivity contribution in [1.82, 2.24) is 9.80 Å². The fourth-order valence-corrected chi connectivity index (χ4v) is 13.0. The van der Waals surface area contributed by atoms with E-state index in [1.807, 2.05) is 33.2 Å². The van der Waals surface area contributed by atoms with Gasteiger partial charge in [-0.15, -0.1) is 23.2 Å². The van der Waals surface area contributed by atoms with Gasteiger partial charge >= 0.3 is 35.8 Å². The summed E-state index contributed by atoms with van der Waals surface area (Å²) >= 11 is 9.53. The molecular weight excluding hydrogens is 1050 g/mol. The smallest absolute Gasteiger partial charge is 0.347 e. The molecule has 2 spiro atoms. The normalized spacial score (nSPS) is 30.1. The van der Waals surface area contributed by atoms with Crippen molar-refractivity contribution >= 4 is 59.0 Å². The summed E-state index contributed by atoms with van der Waals surface area (Å²) < 4.78 is 39.2. The minimum absolute atomic E-state index is 0.0757. The van der Waals surface area contributed by atoms with Gasteiger partial charge in [0.2, 0.25) is 0 Å². The van der Waals surface area contributed by atoms with Crippen LogP contribution in [0.15, 0.2) is 47.9 Å². The van der Waals surface area contributed by atoms with Gasteiger partial charge in [-0.1, -0.05) is 25.1 Å². The molecule has 0 radical (unpaired) electrons. The molecule has 0 unspecified atom stereocenters. The van der Waals surface area contributed by atoms with Crippen LogP contribution in [0.5, 0.6) is 17.2 Å². The van der Waals surface area contributed by atoms with Gasteiger partial charge in [0.25, 0.3) is 0 Å². The average Bonchev–Trinajstić information content (AvgIpc) is 4.15. The summed E-state index contributed by atoms with van der Waals surface area (Å²) in [5.41, 5.74) is 0.204. The number of aliphatic hydroxyl groups excluding tert-OH is 1. The molecule has 5 N–H and O–H groups in total. The maximum Gasteiger partial charge on any atom is 0.347 e. The van der Waals surface area contributed by atoms with Gasteiger partial charge in [-0.3, -0.25) is 14.4 Å². The second-order valence-corrected chi connectivity index (χ2v) is 23.2. The van der Waals surface area contributed by atoms with Crippen LogP contribution in [0, 0.1) is 12.8 Å². The number of carboxylic acid groups (broad SMARTS) is 1. The van der Waals surface area contributed by atoms with Crippen LogP contribution in [0.1, 0.15) is 108 Å². The lowest BCUT2D eigenvalue weighted by atomic mass is 9.50. The second-order valence-electron chi connectivity index (χ2n) is 22.4. The van der Waals surface area contributed by atoms with E-state index in [-0.39, 0.29) is 47.5 Å². The molecule has 0 amide bonds. The summed E-state index contributed by atoms with van der Waals surface area (Å²) in [5.74, 6) is -4.92. The first-order chi connectivity index (χ1) is 36.1. The standard InChI is InChI=1S/C30H39NO8.C24H27NO10.CH2Cl2/c1-16-8-9-19-15-21-30(35)11-10-20(25-29(30,12-13-31(21)7)23(19)24(16)38-25)37-26(33)17(2)14-22(32)36-18(3)27(34)39-28(4,5)6;1-11(21(29)30)33-17(28)10-14(27)22(31)34-15-5-6-24(32)16-9-12-3-4-13(26)19-18(12)23(24,20(15)35-19)7-8-25(16)2;2-1-3/h8-10,17-18,21,25,35H,11-15H2,1-7H3;3-5,11,14,16,20,26-27,32H,6-10H2,1-2H3,(H,29,30);1H2/t17-,18-,21+,25-,29-,30+;11-,14-,16+,20-,23-,24+;/m00./s1. The number of alkyl halides is 2. The number of benzene rings is 2. The fourth-order valence-electron chi connectivity index (χ4n) is 13.0. The molecule has 420 valence electrons. The number of aliphatic carboxylic acids is 1. The van der Waals surface area contributed by atoms with Crippen molar-refractivity contribution in [3.05, 3.63) is 75.8 Å². The number of esters is 5. The first-order valence-electron chi connectivity index (χ1n) is 25.7. The summed E-state index contributed by atoms with van der Waals surface area (Å²) in [5, 5.41) is 54.0. The molecule has 8 aliphatic rings. The molecule has 77 heavy (non-hydrogen) atoms. The predicted octanol–water partition coefficient (Wildman–Crippen LogP) is 4.52. The number of hydrogen-bond acceptors (Lipinski definition) is 19. The average molecular weight is 1120 g/mol. The van der Waals surface area contributed by atoms with Crippen LogP contribution in [0.2, 0.25) is 0 Å². The van der Waals surface area contributed by atoms with Crippen molar-refractivity contribution in [3.8, 4) is 17.2 Å². The number of halogens is 2. The Morgan fingerprint density at radius 2 is 1.19 bits per heavy atom. The molecule has 12 atom stereocenters. The van der Waals surface area contributed by atoms with Crippen molar-refractivity contribution in [2.75, 3.05) is 32.5 Å². The van der Waals surface area contributed by atoms with Crippen LogP contribution in [0.25, 0.3) is 0 Å². The number of carboxylic acids is 1. The van der Waals surface area contributed by atoms with E-state index in [1.165, 1.54) is 12.5 Å². The maximum atomic E-state index is 13.2. The van der Waals surface area contributed by atoms with Gasteiger partial charge < -0.3 is 68.5 Å². The van der Waals surface area contributed by atoms with E-state index in [0.29, 0.717) is 38.0 Å². The van der Waals surface area contributed by atoms with Crippen molar-refractivity contribution in [3.63, 3.8) is 0 Å². The van der Waals surface area contributed by atoms with E-state index in [1.54, 1.807) is 45.9 Å². The van der Waals surface area contributed by atoms with Gasteiger partial charge in [-0.05, 0) is 129 Å². The molecule has 4 aliphatic heterocycles. The fraction of sp³-hybridized carbons (Fsp3) is 0.600. The third kappa shape index (κ3) is 9.83. The van der Waals surface area contributed by atoms with Gasteiger partial charge in [-0.25, -0.2) is 14.4 Å². The summed E-state index contributed by atoms with van der Waals surface area (Å²) in [6.07, 6.45) is -0.738. The Kier molecular flexibility index (Phi) is 16.0.